The first-order valence-electron chi connectivity index (χ1n) is 8.05. The molecule has 2 aliphatic heterocycles. The van der Waals surface area contributed by atoms with Gasteiger partial charge in [-0.1, -0.05) is 5.16 Å². The molecule has 0 radical (unpaired) electrons. The molecule has 0 saturated carbocycles. The van der Waals surface area contributed by atoms with Crippen molar-refractivity contribution in [3.05, 3.63) is 17.5 Å². The summed E-state index contributed by atoms with van der Waals surface area (Å²) in [7, 11) is -3.24. The third kappa shape index (κ3) is 3.42. The Hall–Kier alpha value is -1.41. The summed E-state index contributed by atoms with van der Waals surface area (Å²) in [5.41, 5.74) is 0.806. The summed E-state index contributed by atoms with van der Waals surface area (Å²) < 4.78 is 30.2. The SMILES string of the molecule is Cc1cc([C@H]2CCCN2C(=O)[C@@H]2CCCN(S(C)(=O)=O)C2)on1. The van der Waals surface area contributed by atoms with Crippen molar-refractivity contribution in [1.82, 2.24) is 14.4 Å². The molecule has 0 aromatic carbocycles. The normalized spacial score (nSPS) is 26.6. The van der Waals surface area contributed by atoms with Crippen molar-refractivity contribution in [2.75, 3.05) is 25.9 Å². The van der Waals surface area contributed by atoms with Gasteiger partial charge in [0.15, 0.2) is 5.76 Å². The highest BCUT2D eigenvalue weighted by Crippen LogP contribution is 2.34. The maximum atomic E-state index is 12.9. The molecule has 1 amide bonds. The molecule has 8 heteroatoms. The van der Waals surface area contributed by atoms with Crippen LogP contribution in [0.3, 0.4) is 0 Å². The highest BCUT2D eigenvalue weighted by molar-refractivity contribution is 7.88. The maximum absolute atomic E-state index is 12.9. The average Bonchev–Trinajstić information content (AvgIpc) is 3.14. The summed E-state index contributed by atoms with van der Waals surface area (Å²) in [4.78, 5) is 14.7. The van der Waals surface area contributed by atoms with E-state index >= 15 is 0 Å². The number of carbonyl (C=O) groups is 1. The number of hydrogen-bond donors (Lipinski definition) is 0. The van der Waals surface area contributed by atoms with Crippen LogP contribution in [-0.4, -0.2) is 54.6 Å². The van der Waals surface area contributed by atoms with E-state index in [2.05, 4.69) is 5.16 Å². The number of rotatable bonds is 3. The second kappa shape index (κ2) is 6.24. The van der Waals surface area contributed by atoms with Gasteiger partial charge in [-0.15, -0.1) is 0 Å². The zero-order valence-corrected chi connectivity index (χ0v) is 14.4. The molecule has 0 bridgehead atoms. The van der Waals surface area contributed by atoms with Crippen LogP contribution in [-0.2, 0) is 14.8 Å². The second-order valence-corrected chi connectivity index (χ2v) is 8.50. The lowest BCUT2D eigenvalue weighted by molar-refractivity contribution is -0.138. The van der Waals surface area contributed by atoms with Gasteiger partial charge in [0.05, 0.1) is 23.9 Å². The first-order chi connectivity index (χ1) is 10.9. The minimum atomic E-state index is -3.24. The van der Waals surface area contributed by atoms with E-state index in [0.717, 1.165) is 37.1 Å². The van der Waals surface area contributed by atoms with Crippen molar-refractivity contribution in [3.63, 3.8) is 0 Å². The van der Waals surface area contributed by atoms with Gasteiger partial charge in [0.25, 0.3) is 0 Å². The van der Waals surface area contributed by atoms with Crippen LogP contribution in [0.15, 0.2) is 10.6 Å². The number of sulfonamides is 1. The van der Waals surface area contributed by atoms with Crippen LogP contribution in [0.4, 0.5) is 0 Å². The molecule has 23 heavy (non-hydrogen) atoms. The molecule has 128 valence electrons. The van der Waals surface area contributed by atoms with Crippen LogP contribution >= 0.6 is 0 Å². The molecule has 2 saturated heterocycles. The van der Waals surface area contributed by atoms with Crippen LogP contribution in [0.5, 0.6) is 0 Å². The van der Waals surface area contributed by atoms with Crippen molar-refractivity contribution in [1.29, 1.82) is 0 Å². The molecular weight excluding hydrogens is 318 g/mol. The fourth-order valence-corrected chi connectivity index (χ4v) is 4.46. The van der Waals surface area contributed by atoms with Gasteiger partial charge < -0.3 is 9.42 Å². The van der Waals surface area contributed by atoms with Gasteiger partial charge in [-0.05, 0) is 32.6 Å². The van der Waals surface area contributed by atoms with Crippen LogP contribution in [0.2, 0.25) is 0 Å². The van der Waals surface area contributed by atoms with Gasteiger partial charge in [0, 0.05) is 25.7 Å². The molecule has 3 heterocycles. The standard InChI is InChI=1S/C15H23N3O4S/c1-11-9-14(22-16-11)13-6-4-8-18(13)15(19)12-5-3-7-17(10-12)23(2,20)21/h9,12-13H,3-8,10H2,1-2H3/t12-,13-/m1/s1. The lowest BCUT2D eigenvalue weighted by Crippen LogP contribution is -2.46. The summed E-state index contributed by atoms with van der Waals surface area (Å²) in [6.07, 6.45) is 4.46. The van der Waals surface area contributed by atoms with Gasteiger partial charge in [-0.2, -0.15) is 0 Å². The lowest BCUT2D eigenvalue weighted by atomic mass is 9.97. The predicted octanol–water partition coefficient (Wildman–Crippen LogP) is 1.32. The number of hydrogen-bond acceptors (Lipinski definition) is 5. The Labute approximate surface area is 136 Å². The van der Waals surface area contributed by atoms with Gasteiger partial charge in [-0.25, -0.2) is 12.7 Å². The molecule has 1 aromatic rings. The zero-order chi connectivity index (χ0) is 16.6. The van der Waals surface area contributed by atoms with E-state index in [4.69, 9.17) is 4.52 Å². The third-order valence-electron chi connectivity index (χ3n) is 4.71. The Morgan fingerprint density at radius 2 is 2.04 bits per heavy atom. The molecule has 2 atom stereocenters. The monoisotopic (exact) mass is 341 g/mol. The average molecular weight is 341 g/mol. The number of nitrogens with zero attached hydrogens (tertiary/aromatic N) is 3. The molecule has 1 aromatic heterocycles. The topological polar surface area (TPSA) is 83.7 Å². The first-order valence-corrected chi connectivity index (χ1v) is 9.90. The van der Waals surface area contributed by atoms with E-state index in [1.807, 2.05) is 17.9 Å². The Morgan fingerprint density at radius 1 is 1.30 bits per heavy atom. The first kappa shape index (κ1) is 16.4. The van der Waals surface area contributed by atoms with Gasteiger partial charge in [-0.3, -0.25) is 4.79 Å². The summed E-state index contributed by atoms with van der Waals surface area (Å²) in [6, 6.07) is 1.80. The highest BCUT2D eigenvalue weighted by atomic mass is 32.2. The minimum absolute atomic E-state index is 0.0369. The largest absolute Gasteiger partial charge is 0.359 e. The highest BCUT2D eigenvalue weighted by Gasteiger charge is 2.38. The van der Waals surface area contributed by atoms with E-state index in [-0.39, 0.29) is 24.4 Å². The Morgan fingerprint density at radius 3 is 2.70 bits per heavy atom. The van der Waals surface area contributed by atoms with Crippen LogP contribution in [0.1, 0.15) is 43.2 Å². The van der Waals surface area contributed by atoms with Crippen molar-refractivity contribution in [2.24, 2.45) is 5.92 Å². The third-order valence-corrected chi connectivity index (χ3v) is 5.98. The second-order valence-electron chi connectivity index (χ2n) is 6.52. The van der Waals surface area contributed by atoms with Crippen LogP contribution in [0.25, 0.3) is 0 Å². The molecule has 2 fully saturated rings. The summed E-state index contributed by atoms with van der Waals surface area (Å²) in [6.45, 7) is 3.35. The molecule has 7 nitrogen and oxygen atoms in total. The minimum Gasteiger partial charge on any atom is -0.359 e. The number of piperidine rings is 1. The quantitative estimate of drug-likeness (QED) is 0.828. The number of carbonyl (C=O) groups excluding carboxylic acids is 1. The summed E-state index contributed by atoms with van der Waals surface area (Å²) >= 11 is 0. The van der Waals surface area contributed by atoms with E-state index in [9.17, 15) is 13.2 Å². The molecule has 0 spiro atoms. The molecule has 2 aliphatic rings. The number of aromatic nitrogens is 1. The van der Waals surface area contributed by atoms with Crippen molar-refractivity contribution in [2.45, 2.75) is 38.6 Å². The smallest absolute Gasteiger partial charge is 0.227 e. The predicted molar refractivity (Wildman–Crippen MR) is 84.1 cm³/mol. The van der Waals surface area contributed by atoms with Gasteiger partial charge in [0.2, 0.25) is 15.9 Å². The van der Waals surface area contributed by atoms with E-state index < -0.39 is 10.0 Å². The molecular formula is C15H23N3O4S. The Bertz CT molecular complexity index is 685. The van der Waals surface area contributed by atoms with Gasteiger partial charge >= 0.3 is 0 Å². The Balaban J connectivity index is 1.74. The number of likely N-dealkylation sites (tertiary alicyclic amines) is 1. The maximum Gasteiger partial charge on any atom is 0.227 e. The zero-order valence-electron chi connectivity index (χ0n) is 13.6. The van der Waals surface area contributed by atoms with E-state index in [1.54, 1.807) is 0 Å². The van der Waals surface area contributed by atoms with Gasteiger partial charge in [0.1, 0.15) is 0 Å². The number of aryl methyl sites for hydroxylation is 1. The van der Waals surface area contributed by atoms with E-state index in [1.165, 1.54) is 10.6 Å². The summed E-state index contributed by atoms with van der Waals surface area (Å²) in [5.74, 6) is 0.502. The molecule has 0 N–H and O–H groups in total. The van der Waals surface area contributed by atoms with Crippen molar-refractivity contribution >= 4 is 15.9 Å². The fourth-order valence-electron chi connectivity index (χ4n) is 3.55. The van der Waals surface area contributed by atoms with Crippen molar-refractivity contribution < 1.29 is 17.7 Å². The molecule has 0 unspecified atom stereocenters. The fraction of sp³-hybridized carbons (Fsp3) is 0.733. The van der Waals surface area contributed by atoms with Crippen LogP contribution < -0.4 is 0 Å². The van der Waals surface area contributed by atoms with Crippen LogP contribution in [0, 0.1) is 12.8 Å². The lowest BCUT2D eigenvalue weighted by Gasteiger charge is -2.33. The Kier molecular flexibility index (Phi) is 4.46. The molecule has 3 rings (SSSR count). The van der Waals surface area contributed by atoms with E-state index in [0.29, 0.717) is 13.1 Å². The summed E-state index contributed by atoms with van der Waals surface area (Å²) in [5, 5.41) is 3.91. The van der Waals surface area contributed by atoms with Crippen molar-refractivity contribution in [3.8, 4) is 0 Å². The number of amides is 1. The molecule has 0 aliphatic carbocycles.